The minimum Gasteiger partial charge on any atom is -0.381 e. The number of H-pyrrole nitrogens is 1. The van der Waals surface area contributed by atoms with Crippen molar-refractivity contribution < 1.29 is 9.53 Å². The standard InChI is InChI=1S/C21H23N5O3/c1-14-10-16(4-7-22-14)18-13-25-26(21(18)28)19-3-2-17(12-23-19)20(27)24-11-15-5-8-29-9-6-15/h2-4,7,10,12-13,15,25H,5-6,8-9,11H2,1H3,(H,24,27). The normalized spacial score (nSPS) is 14.7. The second kappa shape index (κ2) is 8.40. The molecule has 0 saturated carbocycles. The Balaban J connectivity index is 1.46. The molecule has 0 aliphatic carbocycles. The van der Waals surface area contributed by atoms with E-state index in [9.17, 15) is 9.59 Å². The second-order valence-electron chi connectivity index (χ2n) is 7.18. The zero-order chi connectivity index (χ0) is 20.2. The number of nitrogens with zero attached hydrogens (tertiary/aromatic N) is 3. The van der Waals surface area contributed by atoms with Gasteiger partial charge in [-0.2, -0.15) is 0 Å². The van der Waals surface area contributed by atoms with Crippen LogP contribution in [0, 0.1) is 12.8 Å². The van der Waals surface area contributed by atoms with Crippen LogP contribution in [0.4, 0.5) is 0 Å². The van der Waals surface area contributed by atoms with E-state index in [1.165, 1.54) is 10.9 Å². The fourth-order valence-corrected chi connectivity index (χ4v) is 3.40. The van der Waals surface area contributed by atoms with Crippen LogP contribution in [0.15, 0.2) is 47.7 Å². The Bertz CT molecular complexity index is 1050. The fraction of sp³-hybridized carbons (Fsp3) is 0.333. The zero-order valence-electron chi connectivity index (χ0n) is 16.2. The molecule has 0 bridgehead atoms. The lowest BCUT2D eigenvalue weighted by molar-refractivity contribution is 0.0642. The monoisotopic (exact) mass is 393 g/mol. The predicted molar refractivity (Wildman–Crippen MR) is 108 cm³/mol. The molecule has 8 nitrogen and oxygen atoms in total. The molecule has 1 amide bonds. The third-order valence-electron chi connectivity index (χ3n) is 5.11. The van der Waals surface area contributed by atoms with Crippen molar-refractivity contribution in [3.8, 4) is 16.9 Å². The molecule has 0 radical (unpaired) electrons. The summed E-state index contributed by atoms with van der Waals surface area (Å²) < 4.78 is 6.69. The highest BCUT2D eigenvalue weighted by Crippen LogP contribution is 2.16. The van der Waals surface area contributed by atoms with Crippen LogP contribution in [0.5, 0.6) is 0 Å². The molecule has 1 aliphatic heterocycles. The van der Waals surface area contributed by atoms with E-state index in [4.69, 9.17) is 4.74 Å². The molecule has 3 aromatic heterocycles. The molecule has 4 heterocycles. The third-order valence-corrected chi connectivity index (χ3v) is 5.11. The van der Waals surface area contributed by atoms with Crippen molar-refractivity contribution in [2.24, 2.45) is 5.92 Å². The van der Waals surface area contributed by atoms with Gasteiger partial charge in [-0.1, -0.05) is 0 Å². The fourth-order valence-electron chi connectivity index (χ4n) is 3.40. The van der Waals surface area contributed by atoms with Crippen molar-refractivity contribution in [2.45, 2.75) is 19.8 Å². The van der Waals surface area contributed by atoms with Gasteiger partial charge in [0.15, 0.2) is 5.82 Å². The van der Waals surface area contributed by atoms with Crippen LogP contribution < -0.4 is 10.9 Å². The van der Waals surface area contributed by atoms with Gasteiger partial charge in [0.1, 0.15) is 0 Å². The van der Waals surface area contributed by atoms with E-state index in [-0.39, 0.29) is 11.5 Å². The van der Waals surface area contributed by atoms with E-state index >= 15 is 0 Å². The molecule has 0 atom stereocenters. The van der Waals surface area contributed by atoms with E-state index < -0.39 is 0 Å². The van der Waals surface area contributed by atoms with Gasteiger partial charge < -0.3 is 10.1 Å². The summed E-state index contributed by atoms with van der Waals surface area (Å²) in [6, 6.07) is 6.98. The van der Waals surface area contributed by atoms with Gasteiger partial charge in [0.05, 0.1) is 11.1 Å². The lowest BCUT2D eigenvalue weighted by Crippen LogP contribution is -2.32. The van der Waals surface area contributed by atoms with Crippen molar-refractivity contribution in [3.05, 3.63) is 64.5 Å². The quantitative estimate of drug-likeness (QED) is 0.691. The van der Waals surface area contributed by atoms with Gasteiger partial charge in [-0.15, -0.1) is 0 Å². The number of carbonyl (C=O) groups is 1. The maximum Gasteiger partial charge on any atom is 0.280 e. The van der Waals surface area contributed by atoms with Gasteiger partial charge in [0.25, 0.3) is 11.5 Å². The summed E-state index contributed by atoms with van der Waals surface area (Å²) in [5.74, 6) is 0.711. The van der Waals surface area contributed by atoms with Crippen LogP contribution in [0.3, 0.4) is 0 Å². The molecule has 4 rings (SSSR count). The van der Waals surface area contributed by atoms with Gasteiger partial charge in [-0.3, -0.25) is 19.7 Å². The molecule has 8 heteroatoms. The molecule has 1 fully saturated rings. The van der Waals surface area contributed by atoms with Crippen LogP contribution in [0.2, 0.25) is 0 Å². The van der Waals surface area contributed by atoms with Gasteiger partial charge in [-0.05, 0) is 55.5 Å². The summed E-state index contributed by atoms with van der Waals surface area (Å²) in [4.78, 5) is 33.6. The summed E-state index contributed by atoms with van der Waals surface area (Å²) in [7, 11) is 0. The zero-order valence-corrected chi connectivity index (χ0v) is 16.2. The number of nitrogens with one attached hydrogen (secondary N) is 2. The van der Waals surface area contributed by atoms with Crippen LogP contribution in [0.25, 0.3) is 16.9 Å². The van der Waals surface area contributed by atoms with Crippen molar-refractivity contribution in [1.29, 1.82) is 0 Å². The number of amides is 1. The maximum atomic E-state index is 12.8. The first-order chi connectivity index (χ1) is 14.1. The molecule has 29 heavy (non-hydrogen) atoms. The maximum absolute atomic E-state index is 12.8. The Hall–Kier alpha value is -3.26. The molecule has 0 unspecified atom stereocenters. The Kier molecular flexibility index (Phi) is 5.53. The van der Waals surface area contributed by atoms with Crippen LogP contribution in [-0.2, 0) is 4.74 Å². The topological polar surface area (TPSA) is 102 Å². The third kappa shape index (κ3) is 4.27. The molecular weight excluding hydrogens is 370 g/mol. The number of rotatable bonds is 5. The first-order valence-corrected chi connectivity index (χ1v) is 9.67. The van der Waals surface area contributed by atoms with Gasteiger partial charge in [-0.25, -0.2) is 9.67 Å². The number of pyridine rings is 2. The predicted octanol–water partition coefficient (Wildman–Crippen LogP) is 2.09. The second-order valence-corrected chi connectivity index (χ2v) is 7.18. The molecule has 0 spiro atoms. The number of aromatic amines is 1. The van der Waals surface area contributed by atoms with Crippen molar-refractivity contribution >= 4 is 5.91 Å². The van der Waals surface area contributed by atoms with E-state index in [0.29, 0.717) is 29.4 Å². The Morgan fingerprint density at radius 3 is 2.83 bits per heavy atom. The highest BCUT2D eigenvalue weighted by molar-refractivity contribution is 5.93. The molecule has 150 valence electrons. The highest BCUT2D eigenvalue weighted by Gasteiger charge is 2.16. The molecule has 3 aromatic rings. The summed E-state index contributed by atoms with van der Waals surface area (Å²) >= 11 is 0. The number of ether oxygens (including phenoxy) is 1. The average molecular weight is 393 g/mol. The lowest BCUT2D eigenvalue weighted by Gasteiger charge is -2.22. The first kappa shape index (κ1) is 19.1. The molecule has 0 aromatic carbocycles. The number of aromatic nitrogens is 4. The van der Waals surface area contributed by atoms with Crippen LogP contribution >= 0.6 is 0 Å². The SMILES string of the molecule is Cc1cc(-c2c[nH]n(-c3ccc(C(=O)NCC4CCOCC4)cn3)c2=O)ccn1. The Morgan fingerprint density at radius 1 is 1.28 bits per heavy atom. The molecule has 2 N–H and O–H groups in total. The Morgan fingerprint density at radius 2 is 2.10 bits per heavy atom. The summed E-state index contributed by atoms with van der Waals surface area (Å²) in [5, 5.41) is 5.89. The minimum atomic E-state index is -0.209. The summed E-state index contributed by atoms with van der Waals surface area (Å²) in [6.45, 7) is 4.02. The van der Waals surface area contributed by atoms with Crippen molar-refractivity contribution in [1.82, 2.24) is 25.1 Å². The summed E-state index contributed by atoms with van der Waals surface area (Å²) in [5.41, 5.74) is 2.42. The van der Waals surface area contributed by atoms with Crippen molar-refractivity contribution in [2.75, 3.05) is 19.8 Å². The average Bonchev–Trinajstić information content (AvgIpc) is 3.14. The van der Waals surface area contributed by atoms with Crippen LogP contribution in [0.1, 0.15) is 28.9 Å². The molecular formula is C21H23N5O3. The first-order valence-electron chi connectivity index (χ1n) is 9.67. The number of hydrogen-bond acceptors (Lipinski definition) is 5. The van der Waals surface area contributed by atoms with E-state index in [1.807, 2.05) is 13.0 Å². The molecule has 1 aliphatic rings. The van der Waals surface area contributed by atoms with Crippen LogP contribution in [-0.4, -0.2) is 45.4 Å². The van der Waals surface area contributed by atoms with Crippen molar-refractivity contribution in [3.63, 3.8) is 0 Å². The summed E-state index contributed by atoms with van der Waals surface area (Å²) in [6.07, 6.45) is 6.73. The van der Waals surface area contributed by atoms with E-state index in [1.54, 1.807) is 30.6 Å². The van der Waals surface area contributed by atoms with E-state index in [2.05, 4.69) is 20.4 Å². The molecule has 1 saturated heterocycles. The number of aryl methyl sites for hydroxylation is 1. The van der Waals surface area contributed by atoms with Gasteiger partial charge >= 0.3 is 0 Å². The number of carbonyl (C=O) groups excluding carboxylic acids is 1. The lowest BCUT2D eigenvalue weighted by atomic mass is 10.0. The van der Waals surface area contributed by atoms with Gasteiger partial charge in [0, 0.05) is 44.0 Å². The highest BCUT2D eigenvalue weighted by atomic mass is 16.5. The Labute approximate surface area is 167 Å². The minimum absolute atomic E-state index is 0.165. The number of hydrogen-bond donors (Lipinski definition) is 2. The largest absolute Gasteiger partial charge is 0.381 e. The van der Waals surface area contributed by atoms with E-state index in [0.717, 1.165) is 37.3 Å². The smallest absolute Gasteiger partial charge is 0.280 e. The van der Waals surface area contributed by atoms with Gasteiger partial charge in [0.2, 0.25) is 0 Å².